The summed E-state index contributed by atoms with van der Waals surface area (Å²) in [5.74, 6) is 0. The quantitative estimate of drug-likeness (QED) is 0.782. The van der Waals surface area contributed by atoms with Crippen molar-refractivity contribution in [1.29, 1.82) is 5.26 Å². The smallest absolute Gasteiger partial charge is 0.0956 e. The van der Waals surface area contributed by atoms with Gasteiger partial charge in [0.25, 0.3) is 0 Å². The van der Waals surface area contributed by atoms with Crippen molar-refractivity contribution in [2.24, 2.45) is 0 Å². The van der Waals surface area contributed by atoms with Crippen LogP contribution in [0.25, 0.3) is 0 Å². The number of rotatable bonds is 5. The predicted molar refractivity (Wildman–Crippen MR) is 64.3 cm³/mol. The fourth-order valence-electron chi connectivity index (χ4n) is 2.02. The van der Waals surface area contributed by atoms with Gasteiger partial charge in [-0.2, -0.15) is 5.26 Å². The van der Waals surface area contributed by atoms with Crippen molar-refractivity contribution >= 4 is 0 Å². The van der Waals surface area contributed by atoms with Crippen molar-refractivity contribution in [2.75, 3.05) is 13.2 Å². The second kappa shape index (κ2) is 6.39. The van der Waals surface area contributed by atoms with Crippen molar-refractivity contribution in [3.8, 4) is 6.07 Å². The molecule has 3 heteroatoms. The molecular formula is C14H17NO2. The standard InChI is InChI=1S/C14H17NO2/c15-9-8-14(12-5-2-1-3-6-12)17-11-13-7-4-10-16-13/h1-3,5-6,13-14H,4,7-8,10-11H2. The van der Waals surface area contributed by atoms with Crippen LogP contribution in [0, 0.1) is 11.3 Å². The van der Waals surface area contributed by atoms with Gasteiger partial charge in [0.2, 0.25) is 0 Å². The summed E-state index contributed by atoms with van der Waals surface area (Å²) in [7, 11) is 0. The largest absolute Gasteiger partial charge is 0.376 e. The molecule has 1 aromatic carbocycles. The average molecular weight is 231 g/mol. The van der Waals surface area contributed by atoms with Crippen LogP contribution in [0.2, 0.25) is 0 Å². The van der Waals surface area contributed by atoms with Gasteiger partial charge in [-0.05, 0) is 18.4 Å². The van der Waals surface area contributed by atoms with Gasteiger partial charge in [0.05, 0.1) is 31.3 Å². The fourth-order valence-corrected chi connectivity index (χ4v) is 2.02. The molecule has 2 atom stereocenters. The van der Waals surface area contributed by atoms with E-state index in [-0.39, 0.29) is 12.2 Å². The van der Waals surface area contributed by atoms with Crippen LogP contribution in [0.4, 0.5) is 0 Å². The molecule has 1 fully saturated rings. The summed E-state index contributed by atoms with van der Waals surface area (Å²) in [6, 6.07) is 12.1. The summed E-state index contributed by atoms with van der Waals surface area (Å²) in [6.07, 6.45) is 2.64. The minimum absolute atomic E-state index is 0.134. The first kappa shape index (κ1) is 12.1. The average Bonchev–Trinajstić information content (AvgIpc) is 2.88. The molecule has 0 aliphatic carbocycles. The summed E-state index contributed by atoms with van der Waals surface area (Å²) in [6.45, 7) is 1.42. The minimum Gasteiger partial charge on any atom is -0.376 e. The highest BCUT2D eigenvalue weighted by atomic mass is 16.5. The third kappa shape index (κ3) is 3.55. The number of hydrogen-bond acceptors (Lipinski definition) is 3. The van der Waals surface area contributed by atoms with Crippen LogP contribution >= 0.6 is 0 Å². The van der Waals surface area contributed by atoms with E-state index >= 15 is 0 Å². The number of nitriles is 1. The van der Waals surface area contributed by atoms with Gasteiger partial charge in [-0.1, -0.05) is 30.3 Å². The monoisotopic (exact) mass is 231 g/mol. The molecule has 2 unspecified atom stereocenters. The summed E-state index contributed by atoms with van der Waals surface area (Å²) >= 11 is 0. The van der Waals surface area contributed by atoms with Crippen molar-refractivity contribution in [3.05, 3.63) is 35.9 Å². The van der Waals surface area contributed by atoms with Crippen LogP contribution in [0.3, 0.4) is 0 Å². The van der Waals surface area contributed by atoms with Crippen LogP contribution in [-0.2, 0) is 9.47 Å². The van der Waals surface area contributed by atoms with Gasteiger partial charge in [0.1, 0.15) is 0 Å². The molecule has 1 aliphatic rings. The lowest BCUT2D eigenvalue weighted by Gasteiger charge is -2.18. The van der Waals surface area contributed by atoms with E-state index in [0.717, 1.165) is 25.0 Å². The normalized spacial score (nSPS) is 21.0. The molecule has 0 spiro atoms. The molecule has 0 radical (unpaired) electrons. The first-order chi connectivity index (χ1) is 8.40. The van der Waals surface area contributed by atoms with E-state index in [2.05, 4.69) is 6.07 Å². The minimum atomic E-state index is -0.134. The fraction of sp³-hybridized carbons (Fsp3) is 0.500. The lowest BCUT2D eigenvalue weighted by Crippen LogP contribution is -2.16. The predicted octanol–water partition coefficient (Wildman–Crippen LogP) is 2.84. The zero-order valence-electron chi connectivity index (χ0n) is 9.84. The molecule has 2 rings (SSSR count). The van der Waals surface area contributed by atoms with Gasteiger partial charge in [-0.3, -0.25) is 0 Å². The van der Waals surface area contributed by atoms with E-state index in [1.54, 1.807) is 0 Å². The number of benzene rings is 1. The lowest BCUT2D eigenvalue weighted by atomic mass is 10.1. The Kier molecular flexibility index (Phi) is 4.54. The number of nitrogens with zero attached hydrogens (tertiary/aromatic N) is 1. The first-order valence-electron chi connectivity index (χ1n) is 6.05. The van der Waals surface area contributed by atoms with Gasteiger partial charge >= 0.3 is 0 Å². The second-order valence-electron chi connectivity index (χ2n) is 4.23. The number of hydrogen-bond donors (Lipinski definition) is 0. The van der Waals surface area contributed by atoms with E-state index in [4.69, 9.17) is 14.7 Å². The maximum Gasteiger partial charge on any atom is 0.0956 e. The van der Waals surface area contributed by atoms with E-state index in [0.29, 0.717) is 13.0 Å². The molecule has 0 N–H and O–H groups in total. The van der Waals surface area contributed by atoms with Crippen molar-refractivity contribution < 1.29 is 9.47 Å². The van der Waals surface area contributed by atoms with E-state index in [9.17, 15) is 0 Å². The van der Waals surface area contributed by atoms with Gasteiger partial charge in [0.15, 0.2) is 0 Å². The second-order valence-corrected chi connectivity index (χ2v) is 4.23. The Morgan fingerprint density at radius 1 is 1.41 bits per heavy atom. The van der Waals surface area contributed by atoms with Crippen molar-refractivity contribution in [3.63, 3.8) is 0 Å². The molecule has 1 aliphatic heterocycles. The maximum absolute atomic E-state index is 8.83. The van der Waals surface area contributed by atoms with Gasteiger partial charge in [-0.25, -0.2) is 0 Å². The molecule has 3 nitrogen and oxygen atoms in total. The Bertz CT molecular complexity index is 366. The molecule has 0 amide bonds. The van der Waals surface area contributed by atoms with Crippen molar-refractivity contribution in [2.45, 2.75) is 31.5 Å². The zero-order chi connectivity index (χ0) is 11.9. The maximum atomic E-state index is 8.83. The molecule has 90 valence electrons. The van der Waals surface area contributed by atoms with Crippen LogP contribution in [0.15, 0.2) is 30.3 Å². The zero-order valence-corrected chi connectivity index (χ0v) is 9.84. The molecule has 1 aromatic rings. The number of ether oxygens (including phenoxy) is 2. The molecule has 0 bridgehead atoms. The summed E-state index contributed by atoms with van der Waals surface area (Å²) in [5, 5.41) is 8.83. The molecule has 17 heavy (non-hydrogen) atoms. The van der Waals surface area contributed by atoms with E-state index < -0.39 is 0 Å². The Balaban J connectivity index is 1.91. The Morgan fingerprint density at radius 2 is 2.24 bits per heavy atom. The Labute approximate surface area is 102 Å². The molecule has 0 aromatic heterocycles. The lowest BCUT2D eigenvalue weighted by molar-refractivity contribution is -0.0198. The third-order valence-electron chi connectivity index (χ3n) is 2.96. The summed E-state index contributed by atoms with van der Waals surface area (Å²) in [4.78, 5) is 0. The highest BCUT2D eigenvalue weighted by molar-refractivity contribution is 5.18. The van der Waals surface area contributed by atoms with Crippen molar-refractivity contribution in [1.82, 2.24) is 0 Å². The third-order valence-corrected chi connectivity index (χ3v) is 2.96. The topological polar surface area (TPSA) is 42.2 Å². The highest BCUT2D eigenvalue weighted by Crippen LogP contribution is 2.22. The molecule has 1 heterocycles. The summed E-state index contributed by atoms with van der Waals surface area (Å²) < 4.78 is 11.3. The summed E-state index contributed by atoms with van der Waals surface area (Å²) in [5.41, 5.74) is 1.06. The van der Waals surface area contributed by atoms with Crippen LogP contribution < -0.4 is 0 Å². The Hall–Kier alpha value is -1.37. The highest BCUT2D eigenvalue weighted by Gasteiger charge is 2.19. The van der Waals surface area contributed by atoms with E-state index in [1.165, 1.54) is 0 Å². The molecule has 1 saturated heterocycles. The first-order valence-corrected chi connectivity index (χ1v) is 6.05. The SMILES string of the molecule is N#CCC(OCC1CCCO1)c1ccccc1. The molecular weight excluding hydrogens is 214 g/mol. The van der Waals surface area contributed by atoms with Crippen LogP contribution in [0.5, 0.6) is 0 Å². The van der Waals surface area contributed by atoms with Gasteiger partial charge in [-0.15, -0.1) is 0 Å². The molecule has 0 saturated carbocycles. The van der Waals surface area contributed by atoms with Crippen LogP contribution in [0.1, 0.15) is 30.9 Å². The van der Waals surface area contributed by atoms with Gasteiger partial charge in [0, 0.05) is 6.61 Å². The van der Waals surface area contributed by atoms with Gasteiger partial charge < -0.3 is 9.47 Å². The van der Waals surface area contributed by atoms with Crippen LogP contribution in [-0.4, -0.2) is 19.3 Å². The van der Waals surface area contributed by atoms with E-state index in [1.807, 2.05) is 30.3 Å². The Morgan fingerprint density at radius 3 is 2.88 bits per heavy atom.